The number of hydrogen-bond donors (Lipinski definition) is 1. The fourth-order valence-electron chi connectivity index (χ4n) is 2.32. The zero-order valence-corrected chi connectivity index (χ0v) is 11.4. The number of nitrogens with zero attached hydrogens (tertiary/aromatic N) is 2. The standard InChI is InChI=1S/C14H23N3O/c1-3-13-11(2)9-16-14(17-13)15-7-4-5-12-6-8-18-10-12/h9,12H,3-8,10H2,1-2H3,(H,15,16,17)/t12-/m1/s1. The lowest BCUT2D eigenvalue weighted by Crippen LogP contribution is -2.09. The molecule has 0 unspecified atom stereocenters. The Hall–Kier alpha value is -1.16. The number of nitrogens with one attached hydrogen (secondary N) is 1. The number of aryl methyl sites for hydroxylation is 2. The van der Waals surface area contributed by atoms with Gasteiger partial charge in [-0.25, -0.2) is 9.97 Å². The van der Waals surface area contributed by atoms with E-state index >= 15 is 0 Å². The summed E-state index contributed by atoms with van der Waals surface area (Å²) in [7, 11) is 0. The molecule has 1 aromatic rings. The maximum atomic E-state index is 5.37. The highest BCUT2D eigenvalue weighted by Gasteiger charge is 2.14. The third-order valence-corrected chi connectivity index (χ3v) is 3.51. The van der Waals surface area contributed by atoms with Gasteiger partial charge in [-0.15, -0.1) is 0 Å². The number of hydrogen-bond acceptors (Lipinski definition) is 4. The van der Waals surface area contributed by atoms with Gasteiger partial charge >= 0.3 is 0 Å². The van der Waals surface area contributed by atoms with E-state index in [4.69, 9.17) is 4.74 Å². The molecule has 2 rings (SSSR count). The molecule has 0 bridgehead atoms. The highest BCUT2D eigenvalue weighted by molar-refractivity contribution is 5.28. The second-order valence-corrected chi connectivity index (χ2v) is 4.98. The zero-order chi connectivity index (χ0) is 12.8. The molecule has 0 saturated carbocycles. The van der Waals surface area contributed by atoms with Crippen LogP contribution in [0, 0.1) is 12.8 Å². The molecule has 1 atom stereocenters. The van der Waals surface area contributed by atoms with Gasteiger partial charge in [-0.1, -0.05) is 6.92 Å². The molecular formula is C14H23N3O. The molecule has 0 aliphatic carbocycles. The third-order valence-electron chi connectivity index (χ3n) is 3.51. The van der Waals surface area contributed by atoms with Crippen molar-refractivity contribution in [3.8, 4) is 0 Å². The van der Waals surface area contributed by atoms with Gasteiger partial charge in [0.25, 0.3) is 0 Å². The molecule has 1 aliphatic heterocycles. The first kappa shape index (κ1) is 13.3. The van der Waals surface area contributed by atoms with Crippen molar-refractivity contribution in [2.24, 2.45) is 5.92 Å². The number of ether oxygens (including phenoxy) is 1. The Morgan fingerprint density at radius 3 is 3.11 bits per heavy atom. The van der Waals surface area contributed by atoms with Crippen LogP contribution >= 0.6 is 0 Å². The molecule has 100 valence electrons. The lowest BCUT2D eigenvalue weighted by Gasteiger charge is -2.09. The molecule has 0 radical (unpaired) electrons. The topological polar surface area (TPSA) is 47.0 Å². The first-order valence-electron chi connectivity index (χ1n) is 6.93. The van der Waals surface area contributed by atoms with Gasteiger partial charge < -0.3 is 10.1 Å². The molecule has 4 heteroatoms. The van der Waals surface area contributed by atoms with Crippen LogP contribution < -0.4 is 5.32 Å². The molecule has 1 saturated heterocycles. The summed E-state index contributed by atoms with van der Waals surface area (Å²) in [4.78, 5) is 8.82. The van der Waals surface area contributed by atoms with Crippen LogP contribution in [0.25, 0.3) is 0 Å². The summed E-state index contributed by atoms with van der Waals surface area (Å²) in [6.45, 7) is 7.02. The van der Waals surface area contributed by atoms with Crippen molar-refractivity contribution < 1.29 is 4.74 Å². The van der Waals surface area contributed by atoms with Gasteiger partial charge in [-0.2, -0.15) is 0 Å². The average molecular weight is 249 g/mol. The molecule has 1 aliphatic rings. The van der Waals surface area contributed by atoms with Crippen LogP contribution in [-0.4, -0.2) is 29.7 Å². The van der Waals surface area contributed by atoms with Gasteiger partial charge in [0.2, 0.25) is 5.95 Å². The predicted molar refractivity (Wildman–Crippen MR) is 72.8 cm³/mol. The SMILES string of the molecule is CCc1nc(NCCC[C@@H]2CCOC2)ncc1C. The van der Waals surface area contributed by atoms with E-state index in [1.807, 2.05) is 6.20 Å². The third kappa shape index (κ3) is 3.67. The van der Waals surface area contributed by atoms with E-state index in [0.717, 1.165) is 50.2 Å². The summed E-state index contributed by atoms with van der Waals surface area (Å²) >= 11 is 0. The summed E-state index contributed by atoms with van der Waals surface area (Å²) in [5, 5.41) is 3.31. The molecular weight excluding hydrogens is 226 g/mol. The maximum Gasteiger partial charge on any atom is 0.222 e. The van der Waals surface area contributed by atoms with Crippen LogP contribution in [0.15, 0.2) is 6.20 Å². The van der Waals surface area contributed by atoms with E-state index in [0.29, 0.717) is 0 Å². The normalized spacial score (nSPS) is 19.1. The van der Waals surface area contributed by atoms with E-state index in [2.05, 4.69) is 29.1 Å². The Morgan fingerprint density at radius 2 is 2.39 bits per heavy atom. The second kappa shape index (κ2) is 6.69. The Labute approximate surface area is 109 Å². The first-order valence-corrected chi connectivity index (χ1v) is 6.93. The minimum atomic E-state index is 0.761. The molecule has 1 fully saturated rings. The molecule has 0 amide bonds. The fourth-order valence-corrected chi connectivity index (χ4v) is 2.32. The van der Waals surface area contributed by atoms with E-state index in [-0.39, 0.29) is 0 Å². The first-order chi connectivity index (χ1) is 8.79. The van der Waals surface area contributed by atoms with Gasteiger partial charge in [0.15, 0.2) is 0 Å². The van der Waals surface area contributed by atoms with Crippen molar-refractivity contribution in [3.05, 3.63) is 17.5 Å². The summed E-state index contributed by atoms with van der Waals surface area (Å²) in [6.07, 6.45) is 6.48. The minimum absolute atomic E-state index is 0.761. The summed E-state index contributed by atoms with van der Waals surface area (Å²) in [5.41, 5.74) is 2.31. The molecule has 2 heterocycles. The largest absolute Gasteiger partial charge is 0.381 e. The van der Waals surface area contributed by atoms with Gasteiger partial charge in [0.1, 0.15) is 0 Å². The highest BCUT2D eigenvalue weighted by atomic mass is 16.5. The van der Waals surface area contributed by atoms with Gasteiger partial charge in [-0.3, -0.25) is 0 Å². The molecule has 4 nitrogen and oxygen atoms in total. The van der Waals surface area contributed by atoms with Crippen molar-refractivity contribution in [2.75, 3.05) is 25.1 Å². The van der Waals surface area contributed by atoms with Gasteiger partial charge in [0.05, 0.1) is 0 Å². The molecule has 0 spiro atoms. The Balaban J connectivity index is 1.72. The van der Waals surface area contributed by atoms with Crippen molar-refractivity contribution in [1.82, 2.24) is 9.97 Å². The lowest BCUT2D eigenvalue weighted by molar-refractivity contribution is 0.184. The van der Waals surface area contributed by atoms with Crippen LogP contribution in [0.1, 0.15) is 37.4 Å². The van der Waals surface area contributed by atoms with Gasteiger partial charge in [0, 0.05) is 31.6 Å². The molecule has 1 N–H and O–H groups in total. The zero-order valence-electron chi connectivity index (χ0n) is 11.4. The van der Waals surface area contributed by atoms with E-state index in [1.54, 1.807) is 0 Å². The minimum Gasteiger partial charge on any atom is -0.381 e. The smallest absolute Gasteiger partial charge is 0.222 e. The number of anilines is 1. The maximum absolute atomic E-state index is 5.37. The molecule has 0 aromatic carbocycles. The fraction of sp³-hybridized carbons (Fsp3) is 0.714. The van der Waals surface area contributed by atoms with Crippen molar-refractivity contribution >= 4 is 5.95 Å². The second-order valence-electron chi connectivity index (χ2n) is 4.98. The van der Waals surface area contributed by atoms with Crippen LogP contribution in [0.5, 0.6) is 0 Å². The lowest BCUT2D eigenvalue weighted by atomic mass is 10.0. The van der Waals surface area contributed by atoms with Crippen molar-refractivity contribution in [2.45, 2.75) is 39.5 Å². The average Bonchev–Trinajstić information content (AvgIpc) is 2.89. The van der Waals surface area contributed by atoms with E-state index in [9.17, 15) is 0 Å². The molecule has 18 heavy (non-hydrogen) atoms. The van der Waals surface area contributed by atoms with Crippen molar-refractivity contribution in [1.29, 1.82) is 0 Å². The Morgan fingerprint density at radius 1 is 1.50 bits per heavy atom. The van der Waals surface area contributed by atoms with Crippen LogP contribution in [0.2, 0.25) is 0 Å². The van der Waals surface area contributed by atoms with E-state index in [1.165, 1.54) is 18.4 Å². The van der Waals surface area contributed by atoms with Crippen LogP contribution in [0.3, 0.4) is 0 Å². The highest BCUT2D eigenvalue weighted by Crippen LogP contribution is 2.17. The van der Waals surface area contributed by atoms with Crippen LogP contribution in [0.4, 0.5) is 5.95 Å². The summed E-state index contributed by atoms with van der Waals surface area (Å²) in [5.74, 6) is 1.53. The summed E-state index contributed by atoms with van der Waals surface area (Å²) < 4.78 is 5.37. The predicted octanol–water partition coefficient (Wildman–Crippen LogP) is 2.58. The van der Waals surface area contributed by atoms with Gasteiger partial charge in [-0.05, 0) is 44.1 Å². The quantitative estimate of drug-likeness (QED) is 0.787. The van der Waals surface area contributed by atoms with Crippen molar-refractivity contribution in [3.63, 3.8) is 0 Å². The summed E-state index contributed by atoms with van der Waals surface area (Å²) in [6, 6.07) is 0. The van der Waals surface area contributed by atoms with Crippen LogP contribution in [-0.2, 0) is 11.2 Å². The van der Waals surface area contributed by atoms with E-state index < -0.39 is 0 Å². The Kier molecular flexibility index (Phi) is 4.93. The number of rotatable bonds is 6. The Bertz CT molecular complexity index is 375. The monoisotopic (exact) mass is 249 g/mol. The molecule has 1 aromatic heterocycles. The number of aromatic nitrogens is 2.